The minimum absolute atomic E-state index is 0.321. The van der Waals surface area contributed by atoms with Gasteiger partial charge in [0.05, 0.1) is 5.56 Å². The van der Waals surface area contributed by atoms with Gasteiger partial charge in [0, 0.05) is 0 Å². The maximum Gasteiger partial charge on any atom is 0.387 e. The molecule has 0 bridgehead atoms. The Balaban J connectivity index is 3.03. The molecule has 0 unspecified atom stereocenters. The van der Waals surface area contributed by atoms with Gasteiger partial charge in [-0.05, 0) is 12.1 Å². The Labute approximate surface area is 72.2 Å². The molecular weight excluding hydrogens is 183 g/mol. The van der Waals surface area contributed by atoms with Gasteiger partial charge in [-0.1, -0.05) is 6.07 Å². The van der Waals surface area contributed by atoms with Crippen molar-refractivity contribution in [2.75, 3.05) is 0 Å². The maximum atomic E-state index is 13.0. The lowest BCUT2D eigenvalue weighted by Gasteiger charge is -2.05. The van der Waals surface area contributed by atoms with E-state index >= 15 is 0 Å². The molecule has 0 heterocycles. The summed E-state index contributed by atoms with van der Waals surface area (Å²) >= 11 is 0. The van der Waals surface area contributed by atoms with Crippen molar-refractivity contribution in [3.05, 3.63) is 29.6 Å². The standard InChI is InChI=1S/C8H4F3NO/c9-7-5(4-12)2-1-3-6(7)13-8(10)11/h1-3,8H. The Hall–Kier alpha value is -1.70. The summed E-state index contributed by atoms with van der Waals surface area (Å²) in [4.78, 5) is 0. The Morgan fingerprint density at radius 2 is 2.08 bits per heavy atom. The van der Waals surface area contributed by atoms with Crippen molar-refractivity contribution >= 4 is 0 Å². The lowest BCUT2D eigenvalue weighted by molar-refractivity contribution is -0.0522. The van der Waals surface area contributed by atoms with Gasteiger partial charge >= 0.3 is 6.61 Å². The summed E-state index contributed by atoms with van der Waals surface area (Å²) < 4.78 is 40.1. The van der Waals surface area contributed by atoms with Crippen molar-refractivity contribution in [3.8, 4) is 11.8 Å². The van der Waals surface area contributed by atoms with E-state index in [1.807, 2.05) is 0 Å². The molecule has 0 amide bonds. The van der Waals surface area contributed by atoms with Crippen molar-refractivity contribution in [3.63, 3.8) is 0 Å². The number of hydrogen-bond acceptors (Lipinski definition) is 2. The third-order valence-corrected chi connectivity index (χ3v) is 1.30. The van der Waals surface area contributed by atoms with Gasteiger partial charge in [-0.25, -0.2) is 4.39 Å². The number of ether oxygens (including phenoxy) is 1. The second kappa shape index (κ2) is 3.81. The molecule has 0 aromatic heterocycles. The third-order valence-electron chi connectivity index (χ3n) is 1.30. The van der Waals surface area contributed by atoms with Gasteiger partial charge < -0.3 is 4.74 Å². The molecule has 0 radical (unpaired) electrons. The summed E-state index contributed by atoms with van der Waals surface area (Å²) in [6.45, 7) is -3.09. The van der Waals surface area contributed by atoms with E-state index in [4.69, 9.17) is 5.26 Å². The average Bonchev–Trinajstić information content (AvgIpc) is 2.08. The number of hydrogen-bond donors (Lipinski definition) is 0. The molecule has 1 aromatic rings. The maximum absolute atomic E-state index is 13.0. The van der Waals surface area contributed by atoms with Crippen LogP contribution in [0.2, 0.25) is 0 Å². The van der Waals surface area contributed by atoms with E-state index < -0.39 is 18.2 Å². The molecule has 0 aliphatic rings. The fraction of sp³-hybridized carbons (Fsp3) is 0.125. The van der Waals surface area contributed by atoms with E-state index in [0.29, 0.717) is 0 Å². The number of rotatable bonds is 2. The van der Waals surface area contributed by atoms with Crippen LogP contribution in [-0.2, 0) is 0 Å². The van der Waals surface area contributed by atoms with Crippen LogP contribution in [0.25, 0.3) is 0 Å². The number of halogens is 3. The van der Waals surface area contributed by atoms with E-state index in [0.717, 1.165) is 6.07 Å². The van der Waals surface area contributed by atoms with Crippen molar-refractivity contribution < 1.29 is 17.9 Å². The average molecular weight is 187 g/mol. The van der Waals surface area contributed by atoms with Gasteiger partial charge in [0.1, 0.15) is 6.07 Å². The first-order chi connectivity index (χ1) is 6.15. The zero-order valence-corrected chi connectivity index (χ0v) is 6.30. The molecule has 5 heteroatoms. The van der Waals surface area contributed by atoms with Gasteiger partial charge in [-0.15, -0.1) is 0 Å². The normalized spacial score (nSPS) is 9.77. The quantitative estimate of drug-likeness (QED) is 0.711. The number of nitrogens with zero attached hydrogens (tertiary/aromatic N) is 1. The molecule has 0 aliphatic carbocycles. The SMILES string of the molecule is N#Cc1cccc(OC(F)F)c1F. The molecule has 68 valence electrons. The Morgan fingerprint density at radius 1 is 1.38 bits per heavy atom. The van der Waals surface area contributed by atoms with Crippen LogP contribution in [0.4, 0.5) is 13.2 Å². The summed E-state index contributed by atoms with van der Waals surface area (Å²) in [5.41, 5.74) is -0.321. The lowest BCUT2D eigenvalue weighted by Crippen LogP contribution is -2.04. The van der Waals surface area contributed by atoms with Crippen LogP contribution >= 0.6 is 0 Å². The summed E-state index contributed by atoms with van der Waals surface area (Å²) in [6, 6.07) is 4.98. The van der Waals surface area contributed by atoms with Gasteiger partial charge in [0.25, 0.3) is 0 Å². The predicted octanol–water partition coefficient (Wildman–Crippen LogP) is 2.30. The molecule has 0 saturated heterocycles. The molecule has 13 heavy (non-hydrogen) atoms. The molecule has 1 aromatic carbocycles. The zero-order chi connectivity index (χ0) is 9.84. The van der Waals surface area contributed by atoms with Crippen molar-refractivity contribution in [1.82, 2.24) is 0 Å². The zero-order valence-electron chi connectivity index (χ0n) is 6.30. The third kappa shape index (κ3) is 2.12. The van der Waals surface area contributed by atoms with Crippen LogP contribution in [0.5, 0.6) is 5.75 Å². The second-order valence-electron chi connectivity index (χ2n) is 2.11. The van der Waals surface area contributed by atoms with E-state index in [2.05, 4.69) is 4.74 Å². The van der Waals surface area contributed by atoms with Crippen LogP contribution in [0.3, 0.4) is 0 Å². The van der Waals surface area contributed by atoms with E-state index in [1.165, 1.54) is 18.2 Å². The fourth-order valence-corrected chi connectivity index (χ4v) is 0.784. The summed E-state index contributed by atoms with van der Waals surface area (Å²) in [6.07, 6.45) is 0. The summed E-state index contributed by atoms with van der Waals surface area (Å²) in [5, 5.41) is 8.34. The summed E-state index contributed by atoms with van der Waals surface area (Å²) in [7, 11) is 0. The molecular formula is C8H4F3NO. The largest absolute Gasteiger partial charge is 0.432 e. The number of benzene rings is 1. The number of nitriles is 1. The van der Waals surface area contributed by atoms with Crippen LogP contribution in [0.15, 0.2) is 18.2 Å². The number of alkyl halides is 2. The molecule has 2 nitrogen and oxygen atoms in total. The lowest BCUT2D eigenvalue weighted by atomic mass is 10.2. The molecule has 0 fully saturated rings. The molecule has 1 rings (SSSR count). The predicted molar refractivity (Wildman–Crippen MR) is 37.7 cm³/mol. The van der Waals surface area contributed by atoms with Crippen molar-refractivity contribution in [2.45, 2.75) is 6.61 Å². The van der Waals surface area contributed by atoms with Crippen LogP contribution in [0.1, 0.15) is 5.56 Å². The first-order valence-corrected chi connectivity index (χ1v) is 3.28. The highest BCUT2D eigenvalue weighted by molar-refractivity contribution is 5.38. The Bertz CT molecular complexity index is 346. The monoisotopic (exact) mass is 187 g/mol. The highest BCUT2D eigenvalue weighted by atomic mass is 19.3. The highest BCUT2D eigenvalue weighted by Gasteiger charge is 2.12. The Kier molecular flexibility index (Phi) is 2.75. The highest BCUT2D eigenvalue weighted by Crippen LogP contribution is 2.21. The first kappa shape index (κ1) is 9.39. The van der Waals surface area contributed by atoms with Crippen LogP contribution in [-0.4, -0.2) is 6.61 Å². The molecule has 0 aliphatic heterocycles. The van der Waals surface area contributed by atoms with E-state index in [1.54, 1.807) is 0 Å². The molecule has 0 atom stereocenters. The van der Waals surface area contributed by atoms with E-state index in [9.17, 15) is 13.2 Å². The van der Waals surface area contributed by atoms with Crippen molar-refractivity contribution in [2.24, 2.45) is 0 Å². The van der Waals surface area contributed by atoms with Crippen LogP contribution < -0.4 is 4.74 Å². The van der Waals surface area contributed by atoms with Gasteiger partial charge in [0.15, 0.2) is 11.6 Å². The van der Waals surface area contributed by atoms with Gasteiger partial charge in [-0.2, -0.15) is 14.0 Å². The van der Waals surface area contributed by atoms with Gasteiger partial charge in [-0.3, -0.25) is 0 Å². The minimum Gasteiger partial charge on any atom is -0.432 e. The minimum atomic E-state index is -3.09. The second-order valence-corrected chi connectivity index (χ2v) is 2.11. The smallest absolute Gasteiger partial charge is 0.387 e. The van der Waals surface area contributed by atoms with Crippen LogP contribution in [0, 0.1) is 17.1 Å². The summed E-state index contributed by atoms with van der Waals surface area (Å²) in [5.74, 6) is -1.68. The van der Waals surface area contributed by atoms with Crippen molar-refractivity contribution in [1.29, 1.82) is 5.26 Å². The van der Waals surface area contributed by atoms with Gasteiger partial charge in [0.2, 0.25) is 0 Å². The molecule has 0 N–H and O–H groups in total. The molecule has 0 saturated carbocycles. The topological polar surface area (TPSA) is 33.0 Å². The van der Waals surface area contributed by atoms with E-state index in [-0.39, 0.29) is 5.56 Å². The Morgan fingerprint density at radius 3 is 2.62 bits per heavy atom. The first-order valence-electron chi connectivity index (χ1n) is 3.28. The fourth-order valence-electron chi connectivity index (χ4n) is 0.784. The molecule has 0 spiro atoms.